The number of para-hydroxylation sites is 2. The molecule has 0 radical (unpaired) electrons. The minimum atomic E-state index is -7.02. The fourth-order valence-corrected chi connectivity index (χ4v) is 6.02. The van der Waals surface area contributed by atoms with Gasteiger partial charge in [0.25, 0.3) is 10.8 Å². The van der Waals surface area contributed by atoms with Crippen molar-refractivity contribution in [2.24, 2.45) is 0 Å². The summed E-state index contributed by atoms with van der Waals surface area (Å²) >= 11 is 0. The van der Waals surface area contributed by atoms with Gasteiger partial charge in [-0.05, 0) is 47.5 Å². The van der Waals surface area contributed by atoms with E-state index in [-0.39, 0.29) is 24.3 Å². The fourth-order valence-electron chi connectivity index (χ4n) is 6.02. The van der Waals surface area contributed by atoms with E-state index >= 15 is 0 Å². The van der Waals surface area contributed by atoms with Crippen LogP contribution in [0.1, 0.15) is 11.1 Å². The van der Waals surface area contributed by atoms with Crippen LogP contribution < -0.4 is 27.7 Å². The van der Waals surface area contributed by atoms with Crippen LogP contribution in [0.3, 0.4) is 0 Å². The zero-order chi connectivity index (χ0) is 42.1. The monoisotopic (exact) mass is 818 g/mol. The Labute approximate surface area is 295 Å². The summed E-state index contributed by atoms with van der Waals surface area (Å²) in [7, 11) is 0. The molecular weight excluding hydrogens is 798 g/mol. The van der Waals surface area contributed by atoms with Gasteiger partial charge >= 0.3 is 37.1 Å². The van der Waals surface area contributed by atoms with Gasteiger partial charge in [-0.1, -0.05) is 36.4 Å². The van der Waals surface area contributed by atoms with Crippen LogP contribution in [0, 0.1) is 0 Å². The lowest BCUT2D eigenvalue weighted by Gasteiger charge is -2.39. The largest absolute Gasteiger partial charge is 0.456 e. The molecule has 0 bridgehead atoms. The molecule has 300 valence electrons. The summed E-state index contributed by atoms with van der Waals surface area (Å²) in [5, 5.41) is 0. The molecular formula is C32H20F18N4O. The highest BCUT2D eigenvalue weighted by atomic mass is 19.4. The van der Waals surface area contributed by atoms with E-state index in [1.165, 1.54) is 24.3 Å². The van der Waals surface area contributed by atoms with Crippen LogP contribution in [0.25, 0.3) is 22.3 Å². The molecule has 0 aliphatic carbocycles. The third-order valence-electron chi connectivity index (χ3n) is 8.35. The van der Waals surface area contributed by atoms with E-state index in [4.69, 9.17) is 27.7 Å². The van der Waals surface area contributed by atoms with Crippen molar-refractivity contribution >= 4 is 22.7 Å². The van der Waals surface area contributed by atoms with Crippen LogP contribution in [0.2, 0.25) is 0 Å². The lowest BCUT2D eigenvalue weighted by Crippen LogP contribution is -2.63. The summed E-state index contributed by atoms with van der Waals surface area (Å²) in [6.07, 6.45) is -42.1. The number of rotatable bonds is 6. The Kier molecular flexibility index (Phi) is 10.1. The molecule has 0 spiro atoms. The maximum Gasteiger partial charge on any atom is 0.416 e. The number of hydrogen-bond donors (Lipinski definition) is 4. The number of halogens is 18. The van der Waals surface area contributed by atoms with Crippen LogP contribution in [-0.4, -0.2) is 37.1 Å². The van der Waals surface area contributed by atoms with Gasteiger partial charge in [-0.15, -0.1) is 0 Å². The van der Waals surface area contributed by atoms with Crippen LogP contribution in [0.15, 0.2) is 72.8 Å². The van der Waals surface area contributed by atoms with Gasteiger partial charge in [0.05, 0.1) is 0 Å². The van der Waals surface area contributed by atoms with E-state index in [0.717, 1.165) is 24.3 Å². The summed E-state index contributed by atoms with van der Waals surface area (Å²) in [5.74, 6) is -0.956. The molecule has 0 unspecified atom stereocenters. The number of benzene rings is 4. The van der Waals surface area contributed by atoms with E-state index < -0.39 is 116 Å². The van der Waals surface area contributed by atoms with Crippen molar-refractivity contribution in [3.8, 4) is 33.8 Å². The molecule has 4 rings (SSSR count). The van der Waals surface area contributed by atoms with Gasteiger partial charge < -0.3 is 27.7 Å². The highest BCUT2D eigenvalue weighted by Gasteiger charge is 2.85. The van der Waals surface area contributed by atoms with Gasteiger partial charge in [-0.3, -0.25) is 0 Å². The second-order valence-corrected chi connectivity index (χ2v) is 11.6. The van der Waals surface area contributed by atoms with E-state index in [1.54, 1.807) is 0 Å². The Morgan fingerprint density at radius 1 is 0.345 bits per heavy atom. The zero-order valence-electron chi connectivity index (χ0n) is 26.4. The van der Waals surface area contributed by atoms with Crippen molar-refractivity contribution in [1.82, 2.24) is 0 Å². The van der Waals surface area contributed by atoms with Crippen molar-refractivity contribution in [2.75, 3.05) is 22.9 Å². The molecule has 0 aliphatic rings. The lowest BCUT2D eigenvalue weighted by atomic mass is 9.76. The minimum Gasteiger partial charge on any atom is -0.456 e. The average molecular weight is 819 g/mol. The van der Waals surface area contributed by atoms with Crippen LogP contribution >= 0.6 is 0 Å². The quantitative estimate of drug-likeness (QED) is 0.114. The third kappa shape index (κ3) is 6.59. The Bertz CT molecular complexity index is 1810. The molecule has 55 heavy (non-hydrogen) atoms. The van der Waals surface area contributed by atoms with E-state index in [0.29, 0.717) is 0 Å². The summed E-state index contributed by atoms with van der Waals surface area (Å²) in [5.41, 5.74) is -1.64. The standard InChI is InChI=1S/C32H20F18N4O/c33-27(34,35)25(28(36,37)38,29(39,40)41)13-9-17(51)23(18(52)10-13)15-5-1-3-7-21(15)55-22-8-4-2-6-16(22)24-19(53)11-14(12-20(24)54)26(30(42,43)44,31(45,46)47)32(48,49)50/h1-12H,51-54H2. The molecule has 4 aromatic rings. The SMILES string of the molecule is Nc1cc(C(C(F)(F)F)(C(F)(F)F)C(F)(F)F)cc(N)c1-c1ccccc1Oc1ccccc1-c1c(N)cc(C(C(F)(F)F)(C(F)(F)F)C(F)(F)F)cc1N. The summed E-state index contributed by atoms with van der Waals surface area (Å²) in [6, 6.07) is 7.90. The Balaban J connectivity index is 1.92. The smallest absolute Gasteiger partial charge is 0.416 e. The predicted molar refractivity (Wildman–Crippen MR) is 161 cm³/mol. The van der Waals surface area contributed by atoms with Crippen LogP contribution in [-0.2, 0) is 10.8 Å². The van der Waals surface area contributed by atoms with E-state index in [9.17, 15) is 79.0 Å². The lowest BCUT2D eigenvalue weighted by molar-refractivity contribution is -0.389. The van der Waals surface area contributed by atoms with Gasteiger partial charge in [-0.2, -0.15) is 79.0 Å². The average Bonchev–Trinajstić information content (AvgIpc) is 2.94. The van der Waals surface area contributed by atoms with Crippen molar-refractivity contribution in [3.05, 3.63) is 83.9 Å². The van der Waals surface area contributed by atoms with Crippen LogP contribution in [0.5, 0.6) is 11.5 Å². The maximum atomic E-state index is 13.8. The second kappa shape index (κ2) is 13.1. The van der Waals surface area contributed by atoms with Crippen molar-refractivity contribution in [1.29, 1.82) is 0 Å². The first-order valence-corrected chi connectivity index (χ1v) is 14.4. The van der Waals surface area contributed by atoms with Gasteiger partial charge in [-0.25, -0.2) is 0 Å². The molecule has 0 atom stereocenters. The first-order valence-electron chi connectivity index (χ1n) is 14.4. The molecule has 0 fully saturated rings. The molecule has 23 heteroatoms. The summed E-state index contributed by atoms with van der Waals surface area (Å²) in [4.78, 5) is 0. The Morgan fingerprint density at radius 3 is 0.782 bits per heavy atom. The number of anilines is 4. The molecule has 8 N–H and O–H groups in total. The Morgan fingerprint density at radius 2 is 0.564 bits per heavy atom. The highest BCUT2D eigenvalue weighted by Crippen LogP contribution is 2.63. The number of hydrogen-bond acceptors (Lipinski definition) is 5. The van der Waals surface area contributed by atoms with Crippen molar-refractivity contribution in [2.45, 2.75) is 47.9 Å². The first kappa shape index (κ1) is 42.4. The Hall–Kier alpha value is -5.38. The van der Waals surface area contributed by atoms with Crippen LogP contribution in [0.4, 0.5) is 102 Å². The van der Waals surface area contributed by atoms with Gasteiger partial charge in [0.1, 0.15) is 11.5 Å². The number of alkyl halides is 18. The van der Waals surface area contributed by atoms with Gasteiger partial charge in [0, 0.05) is 45.0 Å². The molecule has 0 saturated carbocycles. The molecule has 4 aromatic carbocycles. The first-order chi connectivity index (χ1) is 24.8. The normalized spacial score (nSPS) is 13.9. The minimum absolute atomic E-state index is 0.253. The third-order valence-corrected chi connectivity index (χ3v) is 8.35. The fraction of sp³-hybridized carbons (Fsp3) is 0.250. The molecule has 0 saturated heterocycles. The number of nitrogen functional groups attached to an aromatic ring is 4. The maximum absolute atomic E-state index is 13.8. The number of ether oxygens (including phenoxy) is 1. The molecule has 5 nitrogen and oxygen atoms in total. The molecule has 0 amide bonds. The number of nitrogens with two attached hydrogens (primary N) is 4. The van der Waals surface area contributed by atoms with E-state index in [1.807, 2.05) is 0 Å². The van der Waals surface area contributed by atoms with Crippen molar-refractivity contribution < 1.29 is 83.8 Å². The van der Waals surface area contributed by atoms with Crippen molar-refractivity contribution in [3.63, 3.8) is 0 Å². The second-order valence-electron chi connectivity index (χ2n) is 11.6. The molecule has 0 aromatic heterocycles. The zero-order valence-corrected chi connectivity index (χ0v) is 26.4. The van der Waals surface area contributed by atoms with Gasteiger partial charge in [0.15, 0.2) is 0 Å². The molecule has 0 heterocycles. The highest BCUT2D eigenvalue weighted by molar-refractivity contribution is 5.92. The van der Waals surface area contributed by atoms with Gasteiger partial charge in [0.2, 0.25) is 0 Å². The predicted octanol–water partition coefficient (Wildman–Crippen LogP) is 11.0. The summed E-state index contributed by atoms with van der Waals surface area (Å²) in [6.45, 7) is 0. The molecule has 0 aliphatic heterocycles. The van der Waals surface area contributed by atoms with E-state index in [2.05, 4.69) is 0 Å². The summed E-state index contributed by atoms with van der Waals surface area (Å²) < 4.78 is 254. The topological polar surface area (TPSA) is 113 Å².